The average Bonchev–Trinajstić information content (AvgIpc) is 2.61. The molecule has 2 rings (SSSR count). The first kappa shape index (κ1) is 19.5. The van der Waals surface area contributed by atoms with Crippen molar-refractivity contribution >= 4 is 29.1 Å². The van der Waals surface area contributed by atoms with Crippen molar-refractivity contribution in [1.82, 2.24) is 9.80 Å². The Morgan fingerprint density at radius 2 is 2.08 bits per heavy atom. The molecule has 1 fully saturated rings. The zero-order chi connectivity index (χ0) is 18.4. The van der Waals surface area contributed by atoms with Gasteiger partial charge in [0.2, 0.25) is 11.8 Å². The second kappa shape index (κ2) is 9.03. The van der Waals surface area contributed by atoms with Crippen LogP contribution in [0.15, 0.2) is 18.2 Å². The smallest absolute Gasteiger partial charge is 0.239 e. The van der Waals surface area contributed by atoms with Gasteiger partial charge in [-0.2, -0.15) is 0 Å². The molecular weight excluding hydrogens is 346 g/mol. The highest BCUT2D eigenvalue weighted by molar-refractivity contribution is 6.31. The Labute approximate surface area is 152 Å². The van der Waals surface area contributed by atoms with E-state index in [0.29, 0.717) is 42.8 Å². The predicted octanol–water partition coefficient (Wildman–Crippen LogP) is 1.47. The first-order valence-electron chi connectivity index (χ1n) is 8.12. The van der Waals surface area contributed by atoms with Crippen molar-refractivity contribution in [2.75, 3.05) is 52.3 Å². The number of hydrogen-bond acceptors (Lipinski definition) is 5. The summed E-state index contributed by atoms with van der Waals surface area (Å²) in [6.45, 7) is 4.15. The Hall–Kier alpha value is -1.83. The Morgan fingerprint density at radius 3 is 2.72 bits per heavy atom. The highest BCUT2D eigenvalue weighted by Crippen LogP contribution is 2.27. The first-order chi connectivity index (χ1) is 11.9. The van der Waals surface area contributed by atoms with Gasteiger partial charge in [-0.3, -0.25) is 14.5 Å². The first-order valence-corrected chi connectivity index (χ1v) is 8.50. The number of hydrogen-bond donors (Lipinski definition) is 1. The van der Waals surface area contributed by atoms with E-state index in [2.05, 4.69) is 5.32 Å². The van der Waals surface area contributed by atoms with Gasteiger partial charge in [-0.05, 0) is 32.2 Å². The van der Waals surface area contributed by atoms with E-state index in [1.165, 1.54) is 7.11 Å². The van der Waals surface area contributed by atoms with E-state index in [9.17, 15) is 9.59 Å². The lowest BCUT2D eigenvalue weighted by molar-refractivity contribution is -0.140. The fraction of sp³-hybridized carbons (Fsp3) is 0.529. The van der Waals surface area contributed by atoms with Crippen LogP contribution in [0.1, 0.15) is 6.92 Å². The summed E-state index contributed by atoms with van der Waals surface area (Å²) in [7, 11) is 3.27. The molecule has 1 N–H and O–H groups in total. The van der Waals surface area contributed by atoms with Crippen LogP contribution in [0.5, 0.6) is 5.75 Å². The molecule has 7 nitrogen and oxygen atoms in total. The molecule has 0 bridgehead atoms. The van der Waals surface area contributed by atoms with Crippen LogP contribution >= 0.6 is 11.6 Å². The number of rotatable bonds is 6. The molecule has 0 spiro atoms. The van der Waals surface area contributed by atoms with Crippen LogP contribution in [0.25, 0.3) is 0 Å². The number of amides is 2. The molecule has 1 aliphatic rings. The minimum Gasteiger partial charge on any atom is -0.495 e. The SMILES string of the molecule is COc1ccc(Cl)cc1NC(=O)CN(C)C(C)C(=O)N1CCOCC1. The lowest BCUT2D eigenvalue weighted by Crippen LogP contribution is -2.50. The number of ether oxygens (including phenoxy) is 2. The van der Waals surface area contributed by atoms with Gasteiger partial charge in [-0.1, -0.05) is 11.6 Å². The van der Waals surface area contributed by atoms with Crippen molar-refractivity contribution in [2.45, 2.75) is 13.0 Å². The molecule has 1 saturated heterocycles. The second-order valence-electron chi connectivity index (χ2n) is 5.92. The summed E-state index contributed by atoms with van der Waals surface area (Å²) in [6.07, 6.45) is 0. The van der Waals surface area contributed by atoms with E-state index in [1.807, 2.05) is 0 Å². The van der Waals surface area contributed by atoms with Crippen LogP contribution in [0.3, 0.4) is 0 Å². The zero-order valence-corrected chi connectivity index (χ0v) is 15.5. The summed E-state index contributed by atoms with van der Waals surface area (Å²) in [5.41, 5.74) is 0.501. The van der Waals surface area contributed by atoms with Gasteiger partial charge in [0.05, 0.1) is 38.6 Å². The van der Waals surface area contributed by atoms with E-state index >= 15 is 0 Å². The molecule has 1 aliphatic heterocycles. The quantitative estimate of drug-likeness (QED) is 0.822. The molecule has 2 amide bonds. The summed E-state index contributed by atoms with van der Waals surface area (Å²) >= 11 is 5.96. The van der Waals surface area contributed by atoms with Crippen LogP contribution in [-0.4, -0.2) is 74.7 Å². The monoisotopic (exact) mass is 369 g/mol. The number of nitrogens with zero attached hydrogens (tertiary/aromatic N) is 2. The lowest BCUT2D eigenvalue weighted by atomic mass is 10.2. The molecular formula is C17H24ClN3O4. The minimum atomic E-state index is -0.398. The van der Waals surface area contributed by atoms with E-state index in [4.69, 9.17) is 21.1 Å². The van der Waals surface area contributed by atoms with Gasteiger partial charge >= 0.3 is 0 Å². The Kier molecular flexibility index (Phi) is 7.04. The molecule has 1 aromatic carbocycles. The molecule has 25 heavy (non-hydrogen) atoms. The van der Waals surface area contributed by atoms with Crippen molar-refractivity contribution in [3.63, 3.8) is 0 Å². The molecule has 0 radical (unpaired) electrons. The maximum Gasteiger partial charge on any atom is 0.239 e. The van der Waals surface area contributed by atoms with Crippen molar-refractivity contribution < 1.29 is 19.1 Å². The predicted molar refractivity (Wildman–Crippen MR) is 96.1 cm³/mol. The van der Waals surface area contributed by atoms with Crippen LogP contribution in [0.2, 0.25) is 5.02 Å². The molecule has 138 valence electrons. The Balaban J connectivity index is 1.93. The van der Waals surface area contributed by atoms with Gasteiger partial charge in [0.25, 0.3) is 0 Å². The topological polar surface area (TPSA) is 71.1 Å². The van der Waals surface area contributed by atoms with Gasteiger partial charge in [0.1, 0.15) is 5.75 Å². The van der Waals surface area contributed by atoms with Gasteiger partial charge in [-0.25, -0.2) is 0 Å². The molecule has 1 unspecified atom stereocenters. The number of carbonyl (C=O) groups excluding carboxylic acids is 2. The van der Waals surface area contributed by atoms with Gasteiger partial charge in [0, 0.05) is 18.1 Å². The minimum absolute atomic E-state index is 0.000985. The largest absolute Gasteiger partial charge is 0.495 e. The van der Waals surface area contributed by atoms with E-state index in [0.717, 1.165) is 0 Å². The molecule has 0 aliphatic carbocycles. The molecule has 1 aromatic rings. The lowest BCUT2D eigenvalue weighted by Gasteiger charge is -2.32. The third-order valence-corrected chi connectivity index (χ3v) is 4.41. The van der Waals surface area contributed by atoms with Crippen LogP contribution in [0, 0.1) is 0 Å². The molecule has 0 aromatic heterocycles. The summed E-state index contributed by atoms with van der Waals surface area (Å²) in [5.74, 6) is 0.279. The van der Waals surface area contributed by atoms with Gasteiger partial charge in [-0.15, -0.1) is 0 Å². The molecule has 8 heteroatoms. The summed E-state index contributed by atoms with van der Waals surface area (Å²) in [6, 6.07) is 4.60. The molecule has 1 heterocycles. The normalized spacial score (nSPS) is 15.8. The van der Waals surface area contributed by atoms with Crippen molar-refractivity contribution in [3.8, 4) is 5.75 Å². The third kappa shape index (κ3) is 5.32. The number of benzene rings is 1. The maximum atomic E-state index is 12.5. The summed E-state index contributed by atoms with van der Waals surface area (Å²) in [5, 5.41) is 3.27. The van der Waals surface area contributed by atoms with Crippen molar-refractivity contribution in [3.05, 3.63) is 23.2 Å². The standard InChI is InChI=1S/C17H24ClN3O4/c1-12(17(23)21-6-8-25-9-7-21)20(2)11-16(22)19-14-10-13(18)4-5-15(14)24-3/h4-5,10,12H,6-9,11H2,1-3H3,(H,19,22). The number of methoxy groups -OCH3 is 1. The Morgan fingerprint density at radius 1 is 1.40 bits per heavy atom. The van der Waals surface area contributed by atoms with E-state index < -0.39 is 6.04 Å². The highest BCUT2D eigenvalue weighted by Gasteiger charge is 2.26. The average molecular weight is 370 g/mol. The molecule has 1 atom stereocenters. The maximum absolute atomic E-state index is 12.5. The van der Waals surface area contributed by atoms with Gasteiger partial charge in [0.15, 0.2) is 0 Å². The number of halogens is 1. The van der Waals surface area contributed by atoms with Crippen LogP contribution in [0.4, 0.5) is 5.69 Å². The third-order valence-electron chi connectivity index (χ3n) is 4.17. The number of anilines is 1. The highest BCUT2D eigenvalue weighted by atomic mass is 35.5. The number of carbonyl (C=O) groups is 2. The van der Waals surface area contributed by atoms with Crippen LogP contribution < -0.4 is 10.1 Å². The molecule has 0 saturated carbocycles. The summed E-state index contributed by atoms with van der Waals surface area (Å²) < 4.78 is 10.5. The Bertz CT molecular complexity index is 620. The number of nitrogens with one attached hydrogen (secondary N) is 1. The fourth-order valence-corrected chi connectivity index (χ4v) is 2.74. The number of likely N-dealkylation sites (N-methyl/N-ethyl adjacent to an activating group) is 1. The van der Waals surface area contributed by atoms with Crippen molar-refractivity contribution in [2.24, 2.45) is 0 Å². The van der Waals surface area contributed by atoms with Crippen LogP contribution in [-0.2, 0) is 14.3 Å². The van der Waals surface area contributed by atoms with Gasteiger partial charge < -0.3 is 19.7 Å². The van der Waals surface area contributed by atoms with E-state index in [-0.39, 0.29) is 18.4 Å². The van der Waals surface area contributed by atoms with Crippen molar-refractivity contribution in [1.29, 1.82) is 0 Å². The number of morpholine rings is 1. The van der Waals surface area contributed by atoms with E-state index in [1.54, 1.807) is 42.0 Å². The zero-order valence-electron chi connectivity index (χ0n) is 14.8. The second-order valence-corrected chi connectivity index (χ2v) is 6.36. The summed E-state index contributed by atoms with van der Waals surface area (Å²) in [4.78, 5) is 28.3. The fourth-order valence-electron chi connectivity index (χ4n) is 2.57.